The fourth-order valence-corrected chi connectivity index (χ4v) is 4.11. The standard InChI is InChI=1S/C19H22FN3O3S/c1-19(12-21)10-11-23(13-19)18(24)14-2-8-17(9-3-14)27(25,26)22-16-6-4-15(20)5-7-16/h2-9,22H,10-13,21H2,1H3. The van der Waals surface area contributed by atoms with Gasteiger partial charge in [0.1, 0.15) is 5.82 Å². The minimum atomic E-state index is -3.82. The Hall–Kier alpha value is -2.45. The van der Waals surface area contributed by atoms with Gasteiger partial charge in [0, 0.05) is 24.3 Å². The number of likely N-dealkylation sites (tertiary alicyclic amines) is 1. The van der Waals surface area contributed by atoms with Gasteiger partial charge in [0.05, 0.1) is 4.90 Å². The van der Waals surface area contributed by atoms with Gasteiger partial charge in [-0.15, -0.1) is 0 Å². The van der Waals surface area contributed by atoms with Gasteiger partial charge >= 0.3 is 0 Å². The molecule has 3 rings (SSSR count). The third-order valence-corrected chi connectivity index (χ3v) is 6.24. The SMILES string of the molecule is CC1(CN)CCN(C(=O)c2ccc(S(=O)(=O)Nc3ccc(F)cc3)cc2)C1. The van der Waals surface area contributed by atoms with E-state index in [1.807, 2.05) is 0 Å². The zero-order valence-corrected chi connectivity index (χ0v) is 15.8. The fourth-order valence-electron chi connectivity index (χ4n) is 3.05. The minimum Gasteiger partial charge on any atom is -0.338 e. The summed E-state index contributed by atoms with van der Waals surface area (Å²) < 4.78 is 40.2. The van der Waals surface area contributed by atoms with Gasteiger partial charge < -0.3 is 10.6 Å². The van der Waals surface area contributed by atoms with Crippen molar-refractivity contribution in [1.82, 2.24) is 4.90 Å². The highest BCUT2D eigenvalue weighted by Gasteiger charge is 2.35. The van der Waals surface area contributed by atoms with Crippen molar-refractivity contribution < 1.29 is 17.6 Å². The van der Waals surface area contributed by atoms with Crippen LogP contribution in [0.3, 0.4) is 0 Å². The van der Waals surface area contributed by atoms with Crippen molar-refractivity contribution in [3.05, 3.63) is 59.9 Å². The van der Waals surface area contributed by atoms with Crippen LogP contribution in [0.5, 0.6) is 0 Å². The Labute approximate surface area is 158 Å². The molecule has 1 aliphatic heterocycles. The Balaban J connectivity index is 1.73. The average molecular weight is 391 g/mol. The smallest absolute Gasteiger partial charge is 0.261 e. The highest BCUT2D eigenvalue weighted by atomic mass is 32.2. The third-order valence-electron chi connectivity index (χ3n) is 4.85. The van der Waals surface area contributed by atoms with Crippen LogP contribution in [0.2, 0.25) is 0 Å². The molecule has 2 aromatic rings. The molecule has 1 saturated heterocycles. The van der Waals surface area contributed by atoms with Gasteiger partial charge in [0.15, 0.2) is 0 Å². The van der Waals surface area contributed by atoms with Crippen LogP contribution in [0.1, 0.15) is 23.7 Å². The van der Waals surface area contributed by atoms with Crippen LogP contribution >= 0.6 is 0 Å². The molecule has 0 bridgehead atoms. The van der Waals surface area contributed by atoms with E-state index in [1.54, 1.807) is 4.90 Å². The first-order valence-electron chi connectivity index (χ1n) is 8.60. The molecule has 6 nitrogen and oxygen atoms in total. The van der Waals surface area contributed by atoms with E-state index in [1.165, 1.54) is 48.5 Å². The van der Waals surface area contributed by atoms with Crippen LogP contribution < -0.4 is 10.5 Å². The molecule has 2 aromatic carbocycles. The summed E-state index contributed by atoms with van der Waals surface area (Å²) in [6, 6.07) is 10.8. The zero-order valence-electron chi connectivity index (χ0n) is 15.0. The molecule has 3 N–H and O–H groups in total. The summed E-state index contributed by atoms with van der Waals surface area (Å²) >= 11 is 0. The quantitative estimate of drug-likeness (QED) is 0.819. The van der Waals surface area contributed by atoms with E-state index in [9.17, 15) is 17.6 Å². The molecule has 1 unspecified atom stereocenters. The van der Waals surface area contributed by atoms with Crippen molar-refractivity contribution in [3.8, 4) is 0 Å². The first kappa shape index (κ1) is 19.3. The summed E-state index contributed by atoms with van der Waals surface area (Å²) in [5, 5.41) is 0. The number of carbonyl (C=O) groups excluding carboxylic acids is 1. The maximum atomic E-state index is 12.9. The number of hydrogen-bond acceptors (Lipinski definition) is 4. The summed E-state index contributed by atoms with van der Waals surface area (Å²) in [6.07, 6.45) is 0.850. The number of nitrogens with zero attached hydrogens (tertiary/aromatic N) is 1. The maximum Gasteiger partial charge on any atom is 0.261 e. The Bertz CT molecular complexity index is 930. The van der Waals surface area contributed by atoms with Crippen molar-refractivity contribution >= 4 is 21.6 Å². The number of hydrogen-bond donors (Lipinski definition) is 2. The second-order valence-corrected chi connectivity index (χ2v) is 8.81. The molecule has 1 fully saturated rings. The topological polar surface area (TPSA) is 92.5 Å². The maximum absolute atomic E-state index is 12.9. The van der Waals surface area contributed by atoms with Crippen molar-refractivity contribution in [3.63, 3.8) is 0 Å². The Morgan fingerprint density at radius 2 is 1.81 bits per heavy atom. The molecule has 0 aliphatic carbocycles. The molecule has 1 aliphatic rings. The van der Waals surface area contributed by atoms with Crippen molar-refractivity contribution in [2.75, 3.05) is 24.4 Å². The molecule has 0 spiro atoms. The number of rotatable bonds is 5. The van der Waals surface area contributed by atoms with E-state index >= 15 is 0 Å². The lowest BCUT2D eigenvalue weighted by molar-refractivity contribution is 0.0777. The van der Waals surface area contributed by atoms with Crippen molar-refractivity contribution in [2.24, 2.45) is 11.1 Å². The van der Waals surface area contributed by atoms with Crippen LogP contribution in [0.15, 0.2) is 53.4 Å². The minimum absolute atomic E-state index is 0.0246. The van der Waals surface area contributed by atoms with Crippen LogP contribution in [0, 0.1) is 11.2 Å². The monoisotopic (exact) mass is 391 g/mol. The Kier molecular flexibility index (Phi) is 5.21. The van der Waals surface area contributed by atoms with E-state index in [2.05, 4.69) is 11.6 Å². The van der Waals surface area contributed by atoms with Gasteiger partial charge in [-0.1, -0.05) is 6.92 Å². The number of halogens is 1. The van der Waals surface area contributed by atoms with Crippen LogP contribution in [-0.2, 0) is 10.0 Å². The molecular formula is C19H22FN3O3S. The van der Waals surface area contributed by atoms with E-state index in [0.29, 0.717) is 25.2 Å². The highest BCUT2D eigenvalue weighted by Crippen LogP contribution is 2.29. The molecule has 1 amide bonds. The van der Waals surface area contributed by atoms with Crippen LogP contribution in [0.25, 0.3) is 0 Å². The van der Waals surface area contributed by atoms with Crippen LogP contribution in [0.4, 0.5) is 10.1 Å². The Morgan fingerprint density at radius 3 is 2.37 bits per heavy atom. The molecule has 1 atom stereocenters. The predicted molar refractivity (Wildman–Crippen MR) is 101 cm³/mol. The zero-order chi connectivity index (χ0) is 19.7. The average Bonchev–Trinajstić information content (AvgIpc) is 3.06. The number of sulfonamides is 1. The van der Waals surface area contributed by atoms with E-state index < -0.39 is 15.8 Å². The van der Waals surface area contributed by atoms with Crippen molar-refractivity contribution in [1.29, 1.82) is 0 Å². The van der Waals surface area contributed by atoms with E-state index in [4.69, 9.17) is 5.73 Å². The number of amides is 1. The van der Waals surface area contributed by atoms with Gasteiger partial charge in [-0.3, -0.25) is 9.52 Å². The molecule has 8 heteroatoms. The molecule has 0 saturated carbocycles. The number of nitrogens with two attached hydrogens (primary N) is 1. The Morgan fingerprint density at radius 1 is 1.19 bits per heavy atom. The van der Waals surface area contributed by atoms with Gasteiger partial charge in [0.25, 0.3) is 15.9 Å². The van der Waals surface area contributed by atoms with E-state index in [0.717, 1.165) is 6.42 Å². The second kappa shape index (κ2) is 7.28. The van der Waals surface area contributed by atoms with Gasteiger partial charge in [-0.05, 0) is 66.9 Å². The molecular weight excluding hydrogens is 369 g/mol. The van der Waals surface area contributed by atoms with Crippen LogP contribution in [-0.4, -0.2) is 38.9 Å². The normalized spacial score (nSPS) is 19.9. The lowest BCUT2D eigenvalue weighted by Gasteiger charge is -2.22. The fraction of sp³-hybridized carbons (Fsp3) is 0.316. The first-order valence-corrected chi connectivity index (χ1v) is 10.1. The molecule has 27 heavy (non-hydrogen) atoms. The molecule has 0 radical (unpaired) electrons. The number of carbonyl (C=O) groups is 1. The summed E-state index contributed by atoms with van der Waals surface area (Å²) in [7, 11) is -3.82. The third kappa shape index (κ3) is 4.28. The highest BCUT2D eigenvalue weighted by molar-refractivity contribution is 7.92. The van der Waals surface area contributed by atoms with Gasteiger partial charge in [-0.2, -0.15) is 0 Å². The molecule has 0 aromatic heterocycles. The largest absolute Gasteiger partial charge is 0.338 e. The predicted octanol–water partition coefficient (Wildman–Crippen LogP) is 2.44. The van der Waals surface area contributed by atoms with Gasteiger partial charge in [0.2, 0.25) is 0 Å². The first-order chi connectivity index (χ1) is 12.7. The van der Waals surface area contributed by atoms with Gasteiger partial charge in [-0.25, -0.2) is 12.8 Å². The number of benzene rings is 2. The summed E-state index contributed by atoms with van der Waals surface area (Å²) in [4.78, 5) is 14.4. The van der Waals surface area contributed by atoms with E-state index in [-0.39, 0.29) is 21.9 Å². The molecule has 1 heterocycles. The lowest BCUT2D eigenvalue weighted by atomic mass is 9.90. The summed E-state index contributed by atoms with van der Waals surface area (Å²) in [5.41, 5.74) is 6.39. The summed E-state index contributed by atoms with van der Waals surface area (Å²) in [5.74, 6) is -0.587. The second-order valence-electron chi connectivity index (χ2n) is 7.13. The summed E-state index contributed by atoms with van der Waals surface area (Å²) in [6.45, 7) is 3.80. The lowest BCUT2D eigenvalue weighted by Crippen LogP contribution is -2.34. The number of anilines is 1. The van der Waals surface area contributed by atoms with Crippen molar-refractivity contribution in [2.45, 2.75) is 18.2 Å². The molecule has 144 valence electrons. The number of nitrogens with one attached hydrogen (secondary N) is 1.